The highest BCUT2D eigenvalue weighted by Gasteiger charge is 2.07. The lowest BCUT2D eigenvalue weighted by Gasteiger charge is -2.12. The minimum atomic E-state index is 0.550. The number of aromatic nitrogens is 1. The SMILES string of the molecule is COc1cccc(Cl)c1CNc1cncc(N)c1. The van der Waals surface area contributed by atoms with Gasteiger partial charge in [-0.15, -0.1) is 0 Å². The molecule has 0 atom stereocenters. The largest absolute Gasteiger partial charge is 0.496 e. The van der Waals surface area contributed by atoms with Crippen LogP contribution in [0.2, 0.25) is 5.02 Å². The van der Waals surface area contributed by atoms with E-state index in [2.05, 4.69) is 10.3 Å². The minimum Gasteiger partial charge on any atom is -0.496 e. The Morgan fingerprint density at radius 2 is 2.22 bits per heavy atom. The number of nitrogens with one attached hydrogen (secondary N) is 1. The third-order valence-electron chi connectivity index (χ3n) is 2.52. The summed E-state index contributed by atoms with van der Waals surface area (Å²) in [5.41, 5.74) is 8.03. The molecule has 0 saturated heterocycles. The highest BCUT2D eigenvalue weighted by Crippen LogP contribution is 2.27. The van der Waals surface area contributed by atoms with E-state index < -0.39 is 0 Å². The maximum atomic E-state index is 6.15. The highest BCUT2D eigenvalue weighted by atomic mass is 35.5. The van der Waals surface area contributed by atoms with E-state index in [1.54, 1.807) is 19.5 Å². The summed E-state index contributed by atoms with van der Waals surface area (Å²) in [7, 11) is 1.62. The molecule has 0 unspecified atom stereocenters. The lowest BCUT2D eigenvalue weighted by atomic mass is 10.2. The Hall–Kier alpha value is -1.94. The molecule has 0 saturated carbocycles. The zero-order valence-electron chi connectivity index (χ0n) is 9.98. The van der Waals surface area contributed by atoms with Gasteiger partial charge in [0.2, 0.25) is 0 Å². The molecule has 94 valence electrons. The molecule has 3 N–H and O–H groups in total. The molecule has 2 aromatic rings. The van der Waals surface area contributed by atoms with Crippen LogP contribution in [0.1, 0.15) is 5.56 Å². The number of nitrogens with two attached hydrogens (primary N) is 1. The van der Waals surface area contributed by atoms with Gasteiger partial charge in [0.15, 0.2) is 0 Å². The van der Waals surface area contributed by atoms with Gasteiger partial charge in [-0.25, -0.2) is 0 Å². The zero-order valence-corrected chi connectivity index (χ0v) is 10.7. The van der Waals surface area contributed by atoms with E-state index in [4.69, 9.17) is 22.1 Å². The number of rotatable bonds is 4. The van der Waals surface area contributed by atoms with Crippen LogP contribution in [0.5, 0.6) is 5.75 Å². The molecule has 0 radical (unpaired) electrons. The summed E-state index contributed by atoms with van der Waals surface area (Å²) in [6, 6.07) is 7.38. The molecule has 0 bridgehead atoms. The van der Waals surface area contributed by atoms with Crippen LogP contribution in [0, 0.1) is 0 Å². The quantitative estimate of drug-likeness (QED) is 0.890. The Balaban J connectivity index is 2.15. The Kier molecular flexibility index (Phi) is 3.89. The fourth-order valence-corrected chi connectivity index (χ4v) is 1.88. The molecule has 0 fully saturated rings. The molecule has 0 aliphatic heterocycles. The fourth-order valence-electron chi connectivity index (χ4n) is 1.65. The number of methoxy groups -OCH3 is 1. The molecule has 0 amide bonds. The molecule has 1 aromatic heterocycles. The van der Waals surface area contributed by atoms with Crippen molar-refractivity contribution in [1.29, 1.82) is 0 Å². The Bertz CT molecular complexity index is 546. The average Bonchev–Trinajstić information content (AvgIpc) is 2.37. The van der Waals surface area contributed by atoms with E-state index in [1.807, 2.05) is 24.3 Å². The predicted molar refractivity (Wildman–Crippen MR) is 74.0 cm³/mol. The Morgan fingerprint density at radius 1 is 1.39 bits per heavy atom. The van der Waals surface area contributed by atoms with Crippen molar-refractivity contribution >= 4 is 23.0 Å². The molecular formula is C13H14ClN3O. The molecule has 1 heterocycles. The third kappa shape index (κ3) is 2.84. The van der Waals surface area contributed by atoms with Crippen molar-refractivity contribution in [1.82, 2.24) is 4.98 Å². The van der Waals surface area contributed by atoms with Crippen LogP contribution >= 0.6 is 11.6 Å². The van der Waals surface area contributed by atoms with Crippen LogP contribution in [0.3, 0.4) is 0 Å². The summed E-state index contributed by atoms with van der Waals surface area (Å²) in [4.78, 5) is 4.01. The first-order chi connectivity index (χ1) is 8.70. The number of nitrogen functional groups attached to an aromatic ring is 1. The number of hydrogen-bond acceptors (Lipinski definition) is 4. The Labute approximate surface area is 111 Å². The van der Waals surface area contributed by atoms with E-state index >= 15 is 0 Å². The summed E-state index contributed by atoms with van der Waals surface area (Å²) in [6.45, 7) is 0.550. The number of pyridine rings is 1. The maximum absolute atomic E-state index is 6.15. The van der Waals surface area contributed by atoms with Crippen molar-refractivity contribution in [2.75, 3.05) is 18.2 Å². The summed E-state index contributed by atoms with van der Waals surface area (Å²) in [6.07, 6.45) is 3.31. The summed E-state index contributed by atoms with van der Waals surface area (Å²) < 4.78 is 5.27. The smallest absolute Gasteiger partial charge is 0.125 e. The van der Waals surface area contributed by atoms with Crippen molar-refractivity contribution in [2.45, 2.75) is 6.54 Å². The van der Waals surface area contributed by atoms with E-state index in [-0.39, 0.29) is 0 Å². The number of benzene rings is 1. The zero-order chi connectivity index (χ0) is 13.0. The lowest BCUT2D eigenvalue weighted by molar-refractivity contribution is 0.410. The van der Waals surface area contributed by atoms with Gasteiger partial charge in [-0.3, -0.25) is 4.98 Å². The lowest BCUT2D eigenvalue weighted by Crippen LogP contribution is -2.03. The monoisotopic (exact) mass is 263 g/mol. The van der Waals surface area contributed by atoms with Gasteiger partial charge in [0.1, 0.15) is 5.75 Å². The van der Waals surface area contributed by atoms with Crippen molar-refractivity contribution < 1.29 is 4.74 Å². The highest BCUT2D eigenvalue weighted by molar-refractivity contribution is 6.31. The van der Waals surface area contributed by atoms with E-state index in [0.717, 1.165) is 17.0 Å². The Morgan fingerprint density at radius 3 is 2.94 bits per heavy atom. The van der Waals surface area contributed by atoms with Crippen LogP contribution in [0.4, 0.5) is 11.4 Å². The number of anilines is 2. The number of nitrogens with zero attached hydrogens (tertiary/aromatic N) is 1. The number of hydrogen-bond donors (Lipinski definition) is 2. The summed E-state index contributed by atoms with van der Waals surface area (Å²) in [5, 5.41) is 3.88. The number of ether oxygens (including phenoxy) is 1. The third-order valence-corrected chi connectivity index (χ3v) is 2.88. The van der Waals surface area contributed by atoms with Crippen LogP contribution in [-0.2, 0) is 6.54 Å². The van der Waals surface area contributed by atoms with Gasteiger partial charge in [0.05, 0.1) is 24.7 Å². The second kappa shape index (κ2) is 5.60. The molecule has 0 aliphatic rings. The second-order valence-electron chi connectivity index (χ2n) is 3.78. The normalized spacial score (nSPS) is 10.1. The van der Waals surface area contributed by atoms with Crippen LogP contribution in [0.15, 0.2) is 36.7 Å². The number of halogens is 1. The van der Waals surface area contributed by atoms with Gasteiger partial charge in [-0.05, 0) is 18.2 Å². The first-order valence-corrected chi connectivity index (χ1v) is 5.84. The molecular weight excluding hydrogens is 250 g/mol. The molecule has 18 heavy (non-hydrogen) atoms. The average molecular weight is 264 g/mol. The topological polar surface area (TPSA) is 60.2 Å². The molecule has 1 aromatic carbocycles. The molecule has 0 aliphatic carbocycles. The molecule has 2 rings (SSSR count). The summed E-state index contributed by atoms with van der Waals surface area (Å²) in [5.74, 6) is 0.756. The van der Waals surface area contributed by atoms with Crippen molar-refractivity contribution in [2.24, 2.45) is 0 Å². The van der Waals surface area contributed by atoms with E-state index in [1.165, 1.54) is 0 Å². The summed E-state index contributed by atoms with van der Waals surface area (Å²) >= 11 is 6.15. The standard InChI is InChI=1S/C13H14ClN3O/c1-18-13-4-2-3-12(14)11(13)8-17-10-5-9(15)6-16-7-10/h2-7,17H,8,15H2,1H3. The molecule has 0 spiro atoms. The first-order valence-electron chi connectivity index (χ1n) is 5.46. The minimum absolute atomic E-state index is 0.550. The van der Waals surface area contributed by atoms with Crippen molar-refractivity contribution in [3.8, 4) is 5.75 Å². The van der Waals surface area contributed by atoms with Gasteiger partial charge < -0.3 is 15.8 Å². The fraction of sp³-hybridized carbons (Fsp3) is 0.154. The van der Waals surface area contributed by atoms with Gasteiger partial charge in [0, 0.05) is 23.3 Å². The van der Waals surface area contributed by atoms with Gasteiger partial charge >= 0.3 is 0 Å². The van der Waals surface area contributed by atoms with Crippen molar-refractivity contribution in [3.63, 3.8) is 0 Å². The van der Waals surface area contributed by atoms with E-state index in [9.17, 15) is 0 Å². The van der Waals surface area contributed by atoms with E-state index in [0.29, 0.717) is 17.3 Å². The van der Waals surface area contributed by atoms with Crippen molar-refractivity contribution in [3.05, 3.63) is 47.2 Å². The molecule has 5 heteroatoms. The first kappa shape index (κ1) is 12.5. The molecule has 4 nitrogen and oxygen atoms in total. The van der Waals surface area contributed by atoms with Gasteiger partial charge in [-0.2, -0.15) is 0 Å². The second-order valence-corrected chi connectivity index (χ2v) is 4.19. The van der Waals surface area contributed by atoms with Gasteiger partial charge in [-0.1, -0.05) is 17.7 Å². The van der Waals surface area contributed by atoms with Crippen LogP contribution < -0.4 is 15.8 Å². The maximum Gasteiger partial charge on any atom is 0.125 e. The predicted octanol–water partition coefficient (Wildman–Crippen LogP) is 2.94. The van der Waals surface area contributed by atoms with Crippen LogP contribution in [0.25, 0.3) is 0 Å². The van der Waals surface area contributed by atoms with Gasteiger partial charge in [0.25, 0.3) is 0 Å². The van der Waals surface area contributed by atoms with Crippen LogP contribution in [-0.4, -0.2) is 12.1 Å².